The van der Waals surface area contributed by atoms with Gasteiger partial charge in [0.1, 0.15) is 18.1 Å². The van der Waals surface area contributed by atoms with Crippen LogP contribution in [-0.4, -0.2) is 42.1 Å². The zero-order chi connectivity index (χ0) is 24.7. The Morgan fingerprint density at radius 1 is 1.29 bits per heavy atom. The summed E-state index contributed by atoms with van der Waals surface area (Å²) in [4.78, 5) is 30.7. The van der Waals surface area contributed by atoms with Gasteiger partial charge in [-0.05, 0) is 49.5 Å². The van der Waals surface area contributed by atoms with Crippen molar-refractivity contribution in [2.75, 3.05) is 13.1 Å². The summed E-state index contributed by atoms with van der Waals surface area (Å²) in [6.45, 7) is 5.52. The largest absolute Gasteiger partial charge is 0.447 e. The van der Waals surface area contributed by atoms with Crippen molar-refractivity contribution in [2.24, 2.45) is 29.1 Å². The molecule has 0 aromatic carbocycles. The van der Waals surface area contributed by atoms with Crippen LogP contribution in [0.25, 0.3) is 0 Å². The predicted molar refractivity (Wildman–Crippen MR) is 118 cm³/mol. The van der Waals surface area contributed by atoms with Crippen molar-refractivity contribution in [2.45, 2.75) is 77.6 Å². The maximum Gasteiger partial charge on any atom is 0.290 e. The van der Waals surface area contributed by atoms with Crippen LogP contribution in [-0.2, 0) is 22.1 Å². The molecule has 4 rings (SSSR count). The molecule has 0 radical (unpaired) electrons. The van der Waals surface area contributed by atoms with Crippen molar-refractivity contribution in [3.05, 3.63) is 17.8 Å². The molecule has 2 heterocycles. The molecule has 1 saturated heterocycles. The fourth-order valence-electron chi connectivity index (χ4n) is 6.24. The lowest BCUT2D eigenvalue weighted by Crippen LogP contribution is -2.53. The van der Waals surface area contributed by atoms with E-state index in [0.717, 1.165) is 38.9 Å². The summed E-state index contributed by atoms with van der Waals surface area (Å²) in [7, 11) is 0. The molecule has 190 valence electrons. The van der Waals surface area contributed by atoms with E-state index >= 15 is 0 Å². The Bertz CT molecular complexity index is 898. The average Bonchev–Trinajstić information content (AvgIpc) is 3.36. The molecule has 10 heteroatoms. The Morgan fingerprint density at radius 3 is 2.62 bits per heavy atom. The highest BCUT2D eigenvalue weighted by Gasteiger charge is 2.66. The molecule has 6 atom stereocenters. The first-order valence-corrected chi connectivity index (χ1v) is 12.3. The number of carbonyl (C=O) groups is 2. The summed E-state index contributed by atoms with van der Waals surface area (Å²) in [5.41, 5.74) is -0.545. The molecule has 1 aliphatic heterocycles. The average molecular weight is 485 g/mol. The zero-order valence-electron chi connectivity index (χ0n) is 20.0. The van der Waals surface area contributed by atoms with Crippen LogP contribution in [0.2, 0.25) is 0 Å². The maximum absolute atomic E-state index is 14.4. The van der Waals surface area contributed by atoms with Gasteiger partial charge in [0, 0.05) is 13.5 Å². The summed E-state index contributed by atoms with van der Waals surface area (Å²) >= 11 is 0. The summed E-state index contributed by atoms with van der Waals surface area (Å²) in [6, 6.07) is -0.563. The minimum absolute atomic E-state index is 0.00768. The van der Waals surface area contributed by atoms with Crippen LogP contribution in [0.1, 0.15) is 64.5 Å². The molecule has 3 aliphatic rings. The van der Waals surface area contributed by atoms with Crippen LogP contribution >= 0.6 is 0 Å². The second-order valence-electron chi connectivity index (χ2n) is 10.3. The number of nitrogens with zero attached hydrogens (tertiary/aromatic N) is 1. The quantitative estimate of drug-likeness (QED) is 0.526. The van der Waals surface area contributed by atoms with E-state index in [1.54, 1.807) is 0 Å². The van der Waals surface area contributed by atoms with E-state index in [0.29, 0.717) is 13.0 Å². The number of hydrogen-bond acceptors (Lipinski definition) is 5. The van der Waals surface area contributed by atoms with E-state index in [1.165, 1.54) is 0 Å². The minimum atomic E-state index is -3.14. The second-order valence-corrected chi connectivity index (χ2v) is 10.3. The number of rotatable bonds is 8. The van der Waals surface area contributed by atoms with Gasteiger partial charge in [0.15, 0.2) is 0 Å². The fourth-order valence-corrected chi connectivity index (χ4v) is 6.24. The zero-order valence-corrected chi connectivity index (χ0v) is 20.0. The van der Waals surface area contributed by atoms with Gasteiger partial charge >= 0.3 is 0 Å². The molecule has 2 aliphatic carbocycles. The predicted octanol–water partition coefficient (Wildman–Crippen LogP) is 3.30. The van der Waals surface area contributed by atoms with E-state index in [2.05, 4.69) is 27.9 Å². The molecule has 0 bridgehead atoms. The molecule has 1 aromatic heterocycles. The lowest BCUT2D eigenvalue weighted by molar-refractivity contribution is -0.136. The summed E-state index contributed by atoms with van der Waals surface area (Å²) in [5, 5.41) is 8.65. The Morgan fingerprint density at radius 2 is 2.03 bits per heavy atom. The van der Waals surface area contributed by atoms with Crippen LogP contribution in [0.5, 0.6) is 0 Å². The Kier molecular flexibility index (Phi) is 6.99. The second kappa shape index (κ2) is 9.51. The van der Waals surface area contributed by atoms with E-state index in [4.69, 9.17) is 4.42 Å². The lowest BCUT2D eigenvalue weighted by atomic mass is 9.81. The molecule has 2 saturated carbocycles. The molecule has 7 nitrogen and oxygen atoms in total. The van der Waals surface area contributed by atoms with Gasteiger partial charge in [0.05, 0.1) is 24.4 Å². The Balaban J connectivity index is 1.51. The number of hydrogen-bond donors (Lipinski definition) is 3. The van der Waals surface area contributed by atoms with Crippen molar-refractivity contribution in [1.29, 1.82) is 0 Å². The third-order valence-electron chi connectivity index (χ3n) is 8.19. The number of oxazole rings is 1. The highest BCUT2D eigenvalue weighted by Crippen LogP contribution is 2.69. The molecule has 2 amide bonds. The number of carbonyl (C=O) groups excluding carboxylic acids is 2. The van der Waals surface area contributed by atoms with Gasteiger partial charge in [-0.15, -0.1) is 0 Å². The first-order valence-electron chi connectivity index (χ1n) is 12.3. The minimum Gasteiger partial charge on any atom is -0.447 e. The molecular formula is C24H35F3N4O3. The molecule has 3 fully saturated rings. The molecule has 34 heavy (non-hydrogen) atoms. The molecule has 3 N–H and O–H groups in total. The third kappa shape index (κ3) is 4.70. The number of amides is 2. The van der Waals surface area contributed by atoms with Crippen molar-refractivity contribution in [3.8, 4) is 0 Å². The molecule has 1 aromatic rings. The monoisotopic (exact) mass is 484 g/mol. The van der Waals surface area contributed by atoms with Gasteiger partial charge in [-0.1, -0.05) is 20.3 Å². The Hall–Kier alpha value is -2.10. The van der Waals surface area contributed by atoms with E-state index in [-0.39, 0.29) is 48.0 Å². The van der Waals surface area contributed by atoms with Gasteiger partial charge in [0.2, 0.25) is 17.7 Å². The summed E-state index contributed by atoms with van der Waals surface area (Å²) < 4.78 is 46.4. The van der Waals surface area contributed by atoms with E-state index in [1.807, 2.05) is 6.92 Å². The summed E-state index contributed by atoms with van der Waals surface area (Å²) in [6.07, 6.45) is 3.87. The number of nitrogens with one attached hydrogen (secondary N) is 3. The maximum atomic E-state index is 14.4. The van der Waals surface area contributed by atoms with Gasteiger partial charge in [-0.25, -0.2) is 9.37 Å². The van der Waals surface area contributed by atoms with Crippen LogP contribution in [0.3, 0.4) is 0 Å². The third-order valence-corrected chi connectivity index (χ3v) is 8.19. The fraction of sp³-hybridized carbons (Fsp3) is 0.792. The van der Waals surface area contributed by atoms with Gasteiger partial charge in [0.25, 0.3) is 5.92 Å². The standard InChI is InChI=1S/C24H35F3N4O3/c1-4-5-14-20(21(32)29-11-18-31-17(12-34-18)23(3,26)27)19(13(2)24(14)7-8-24)22(33)30-16-6-9-28-10-15(16)25/h12-16,19-20,28H,4-11H2,1-3H3,(H,29,32)(H,30,33). The van der Waals surface area contributed by atoms with Gasteiger partial charge in [-0.2, -0.15) is 8.78 Å². The van der Waals surface area contributed by atoms with E-state index in [9.17, 15) is 22.8 Å². The number of piperidine rings is 1. The first kappa shape index (κ1) is 25.0. The number of alkyl halides is 3. The van der Waals surface area contributed by atoms with Crippen molar-refractivity contribution >= 4 is 11.8 Å². The Labute approximate surface area is 198 Å². The first-order chi connectivity index (χ1) is 16.1. The summed E-state index contributed by atoms with van der Waals surface area (Å²) in [5.74, 6) is -4.83. The molecular weight excluding hydrogens is 449 g/mol. The van der Waals surface area contributed by atoms with Gasteiger partial charge < -0.3 is 20.4 Å². The highest BCUT2D eigenvalue weighted by molar-refractivity contribution is 5.89. The van der Waals surface area contributed by atoms with Crippen LogP contribution in [0.15, 0.2) is 10.7 Å². The SMILES string of the molecule is CCCC1C(C(=O)NCc2nc(C(C)(F)F)co2)C(C(=O)NC2CCNCC2F)C(C)C12CC2. The highest BCUT2D eigenvalue weighted by atomic mass is 19.3. The number of aromatic nitrogens is 1. The van der Waals surface area contributed by atoms with Crippen LogP contribution < -0.4 is 16.0 Å². The van der Waals surface area contributed by atoms with Gasteiger partial charge in [-0.3, -0.25) is 9.59 Å². The van der Waals surface area contributed by atoms with Crippen LogP contribution in [0, 0.1) is 29.1 Å². The topological polar surface area (TPSA) is 96.3 Å². The van der Waals surface area contributed by atoms with Crippen LogP contribution in [0.4, 0.5) is 13.2 Å². The number of halogens is 3. The molecule has 1 spiro atoms. The lowest BCUT2D eigenvalue weighted by Gasteiger charge is -2.31. The van der Waals surface area contributed by atoms with E-state index < -0.39 is 35.7 Å². The smallest absolute Gasteiger partial charge is 0.290 e. The normalized spacial score (nSPS) is 32.5. The van der Waals surface area contributed by atoms with Crippen molar-refractivity contribution in [3.63, 3.8) is 0 Å². The molecule has 6 unspecified atom stereocenters. The van der Waals surface area contributed by atoms with Crippen molar-refractivity contribution < 1.29 is 27.2 Å². The van der Waals surface area contributed by atoms with Crippen molar-refractivity contribution in [1.82, 2.24) is 20.9 Å².